The predicted molar refractivity (Wildman–Crippen MR) is 107 cm³/mol. The first kappa shape index (κ1) is 19.8. The van der Waals surface area contributed by atoms with Gasteiger partial charge in [0.25, 0.3) is 0 Å². The van der Waals surface area contributed by atoms with Gasteiger partial charge in [0.15, 0.2) is 5.82 Å². The summed E-state index contributed by atoms with van der Waals surface area (Å²) in [6.07, 6.45) is 2.20. The zero-order chi connectivity index (χ0) is 19.4. The molecule has 0 atom stereocenters. The highest BCUT2D eigenvalue weighted by molar-refractivity contribution is 7.88. The number of nitrogens with zero attached hydrogens (tertiary/aromatic N) is 5. The quantitative estimate of drug-likeness (QED) is 0.744. The Kier molecular flexibility index (Phi) is 6.13. The maximum atomic E-state index is 12.4. The molecule has 1 aromatic carbocycles. The van der Waals surface area contributed by atoms with Crippen LogP contribution in [0.2, 0.25) is 5.02 Å². The number of hydrogen-bond donors (Lipinski definition) is 1. The minimum Gasteiger partial charge on any atom is -0.347 e. The van der Waals surface area contributed by atoms with E-state index in [4.69, 9.17) is 11.6 Å². The second kappa shape index (κ2) is 8.37. The number of hydrogen-bond acceptors (Lipinski definition) is 7. The molecule has 1 saturated heterocycles. The number of nitrogens with one attached hydrogen (secondary N) is 1. The van der Waals surface area contributed by atoms with E-state index in [1.54, 1.807) is 29.2 Å². The van der Waals surface area contributed by atoms with Gasteiger partial charge in [-0.3, -0.25) is 0 Å². The van der Waals surface area contributed by atoms with Crippen LogP contribution in [-0.4, -0.2) is 50.6 Å². The fourth-order valence-electron chi connectivity index (χ4n) is 2.80. The number of anilines is 2. The van der Waals surface area contributed by atoms with Crippen molar-refractivity contribution in [1.82, 2.24) is 19.7 Å². The highest BCUT2D eigenvalue weighted by Crippen LogP contribution is 2.18. The molecule has 3 rings (SSSR count). The minimum absolute atomic E-state index is 0.00704. The summed E-state index contributed by atoms with van der Waals surface area (Å²) in [5.41, 5.74) is 0.623. The maximum absolute atomic E-state index is 12.4. The molecule has 2 heterocycles. The van der Waals surface area contributed by atoms with E-state index in [-0.39, 0.29) is 12.3 Å². The molecule has 1 fully saturated rings. The zero-order valence-corrected chi connectivity index (χ0v) is 17.0. The smallest absolute Gasteiger partial charge is 0.230 e. The van der Waals surface area contributed by atoms with Gasteiger partial charge in [-0.25, -0.2) is 13.1 Å². The van der Waals surface area contributed by atoms with Crippen LogP contribution in [0.15, 0.2) is 24.3 Å². The van der Waals surface area contributed by atoms with Crippen LogP contribution in [0.5, 0.6) is 0 Å². The molecule has 1 aliphatic rings. The van der Waals surface area contributed by atoms with Gasteiger partial charge in [0, 0.05) is 32.2 Å². The van der Waals surface area contributed by atoms with E-state index in [0.29, 0.717) is 28.3 Å². The molecule has 8 nitrogen and oxygen atoms in total. The molecule has 2 aromatic rings. The lowest BCUT2D eigenvalue weighted by molar-refractivity contribution is 0.578. The monoisotopic (exact) mass is 410 g/mol. The molecule has 1 N–H and O–H groups in total. The van der Waals surface area contributed by atoms with Crippen molar-refractivity contribution < 1.29 is 8.42 Å². The van der Waals surface area contributed by atoms with Crippen molar-refractivity contribution in [2.24, 2.45) is 0 Å². The molecule has 0 saturated carbocycles. The zero-order valence-electron chi connectivity index (χ0n) is 15.4. The van der Waals surface area contributed by atoms with Crippen LogP contribution in [-0.2, 0) is 22.3 Å². The van der Waals surface area contributed by atoms with Gasteiger partial charge in [-0.05, 0) is 30.5 Å². The summed E-state index contributed by atoms with van der Waals surface area (Å²) in [5, 5.41) is 0.506. The molecule has 0 radical (unpaired) electrons. The second-order valence-corrected chi connectivity index (χ2v) is 8.89. The molecule has 0 unspecified atom stereocenters. The lowest BCUT2D eigenvalue weighted by Gasteiger charge is -2.19. The number of aromatic nitrogens is 3. The molecular weight excluding hydrogens is 388 g/mol. The molecule has 0 bridgehead atoms. The Bertz CT molecular complexity index is 900. The van der Waals surface area contributed by atoms with Crippen LogP contribution in [0.3, 0.4) is 0 Å². The molecule has 27 heavy (non-hydrogen) atoms. The summed E-state index contributed by atoms with van der Waals surface area (Å²) in [4.78, 5) is 17.2. The molecule has 1 aliphatic heterocycles. The maximum Gasteiger partial charge on any atom is 0.230 e. The van der Waals surface area contributed by atoms with Crippen LogP contribution in [0.25, 0.3) is 0 Å². The van der Waals surface area contributed by atoms with E-state index in [1.807, 2.05) is 14.1 Å². The summed E-state index contributed by atoms with van der Waals surface area (Å²) in [6.45, 7) is 1.81. The fraction of sp³-hybridized carbons (Fsp3) is 0.471. The molecule has 146 valence electrons. The molecule has 0 amide bonds. The van der Waals surface area contributed by atoms with Crippen molar-refractivity contribution in [1.29, 1.82) is 0 Å². The summed E-state index contributed by atoms with van der Waals surface area (Å²) in [7, 11) is 0.136. The fourth-order valence-corrected chi connectivity index (χ4v) is 4.09. The van der Waals surface area contributed by atoms with Crippen LogP contribution >= 0.6 is 11.6 Å². The van der Waals surface area contributed by atoms with Crippen molar-refractivity contribution in [3.8, 4) is 0 Å². The first-order valence-electron chi connectivity index (χ1n) is 8.71. The van der Waals surface area contributed by atoms with Crippen LogP contribution < -0.4 is 14.5 Å². The highest BCUT2D eigenvalue weighted by Gasteiger charge is 2.19. The van der Waals surface area contributed by atoms with Crippen molar-refractivity contribution in [3.63, 3.8) is 0 Å². The summed E-state index contributed by atoms with van der Waals surface area (Å²) in [6, 6.07) is 6.80. The average molecular weight is 411 g/mol. The summed E-state index contributed by atoms with van der Waals surface area (Å²) in [5.74, 6) is 1.34. The van der Waals surface area contributed by atoms with Gasteiger partial charge in [-0.2, -0.15) is 15.0 Å². The van der Waals surface area contributed by atoms with Crippen LogP contribution in [0, 0.1) is 0 Å². The third-order valence-electron chi connectivity index (χ3n) is 4.14. The van der Waals surface area contributed by atoms with Gasteiger partial charge in [0.2, 0.25) is 21.9 Å². The van der Waals surface area contributed by atoms with Crippen molar-refractivity contribution in [2.75, 3.05) is 37.0 Å². The van der Waals surface area contributed by atoms with E-state index in [2.05, 4.69) is 24.6 Å². The normalized spacial score (nSPS) is 14.6. The average Bonchev–Trinajstić information content (AvgIpc) is 3.14. The Balaban J connectivity index is 1.74. The third-order valence-corrected chi connectivity index (χ3v) is 5.68. The van der Waals surface area contributed by atoms with Gasteiger partial charge < -0.3 is 9.80 Å². The highest BCUT2D eigenvalue weighted by atomic mass is 35.5. The van der Waals surface area contributed by atoms with Crippen molar-refractivity contribution in [3.05, 3.63) is 40.7 Å². The first-order chi connectivity index (χ1) is 12.8. The Labute approximate surface area is 164 Å². The van der Waals surface area contributed by atoms with E-state index >= 15 is 0 Å². The van der Waals surface area contributed by atoms with Crippen molar-refractivity contribution >= 4 is 33.5 Å². The Morgan fingerprint density at radius 3 is 2.59 bits per heavy atom. The van der Waals surface area contributed by atoms with Gasteiger partial charge in [-0.15, -0.1) is 0 Å². The number of benzene rings is 1. The Morgan fingerprint density at radius 1 is 1.19 bits per heavy atom. The largest absolute Gasteiger partial charge is 0.347 e. The van der Waals surface area contributed by atoms with E-state index in [9.17, 15) is 8.42 Å². The molecule has 0 aliphatic carbocycles. The van der Waals surface area contributed by atoms with Crippen molar-refractivity contribution in [2.45, 2.75) is 25.1 Å². The van der Waals surface area contributed by atoms with E-state index < -0.39 is 10.0 Å². The predicted octanol–water partition coefficient (Wildman–Crippen LogP) is 1.81. The number of sulfonamides is 1. The molecular formula is C17H23ClN6O2S. The number of rotatable bonds is 7. The van der Waals surface area contributed by atoms with E-state index in [1.165, 1.54) is 0 Å². The Morgan fingerprint density at radius 2 is 1.93 bits per heavy atom. The standard InChI is InChI=1S/C17H23ClN6O2S/c1-23(2)16-20-15(21-17(22-16)24-8-3-4-9-24)11-19-27(25,26)12-13-6-5-7-14(18)10-13/h5-7,10,19H,3-4,8-9,11-12H2,1-2H3. The molecule has 1 aromatic heterocycles. The summed E-state index contributed by atoms with van der Waals surface area (Å²) >= 11 is 5.92. The SMILES string of the molecule is CN(C)c1nc(CNS(=O)(=O)Cc2cccc(Cl)c2)nc(N2CCCC2)n1. The van der Waals surface area contributed by atoms with Gasteiger partial charge >= 0.3 is 0 Å². The number of halogens is 1. The minimum atomic E-state index is -3.55. The van der Waals surface area contributed by atoms with Gasteiger partial charge in [0.05, 0.1) is 12.3 Å². The molecule has 0 spiro atoms. The lowest BCUT2D eigenvalue weighted by Crippen LogP contribution is -2.28. The summed E-state index contributed by atoms with van der Waals surface area (Å²) < 4.78 is 27.4. The van der Waals surface area contributed by atoms with Crippen LogP contribution in [0.4, 0.5) is 11.9 Å². The lowest BCUT2D eigenvalue weighted by atomic mass is 10.2. The van der Waals surface area contributed by atoms with Crippen LogP contribution in [0.1, 0.15) is 24.2 Å². The van der Waals surface area contributed by atoms with Gasteiger partial charge in [0.1, 0.15) is 0 Å². The third kappa shape index (κ3) is 5.50. The topological polar surface area (TPSA) is 91.3 Å². The van der Waals surface area contributed by atoms with E-state index in [0.717, 1.165) is 25.9 Å². The second-order valence-electron chi connectivity index (χ2n) is 6.65. The molecule has 10 heteroatoms. The van der Waals surface area contributed by atoms with Gasteiger partial charge in [-0.1, -0.05) is 23.7 Å². The first-order valence-corrected chi connectivity index (χ1v) is 10.7. The Hall–Kier alpha value is -1.97.